The molecular formula is C27H39BClNO6. The number of rotatable bonds is 7. The van der Waals surface area contributed by atoms with E-state index in [-0.39, 0.29) is 12.5 Å². The number of nitrogens with one attached hydrogen (secondary N) is 1. The number of halogens is 1. The van der Waals surface area contributed by atoms with E-state index in [2.05, 4.69) is 5.32 Å². The molecule has 1 saturated carbocycles. The summed E-state index contributed by atoms with van der Waals surface area (Å²) in [5, 5.41) is 3.19. The molecule has 2 fully saturated rings. The Morgan fingerprint density at radius 3 is 2.33 bits per heavy atom. The Morgan fingerprint density at radius 1 is 1.17 bits per heavy atom. The van der Waals surface area contributed by atoms with Gasteiger partial charge in [-0.3, -0.25) is 0 Å². The smallest absolute Gasteiger partial charge is 0.461 e. The Morgan fingerprint density at radius 2 is 1.78 bits per heavy atom. The summed E-state index contributed by atoms with van der Waals surface area (Å²) in [5.41, 5.74) is 0.0266. The van der Waals surface area contributed by atoms with E-state index >= 15 is 0 Å². The highest BCUT2D eigenvalue weighted by molar-refractivity contribution is 6.65. The maximum absolute atomic E-state index is 12.8. The molecule has 0 spiro atoms. The zero-order valence-corrected chi connectivity index (χ0v) is 23.2. The summed E-state index contributed by atoms with van der Waals surface area (Å²) in [5.74, 6) is -0.452. The molecule has 36 heavy (non-hydrogen) atoms. The van der Waals surface area contributed by atoms with Crippen molar-refractivity contribution in [3.63, 3.8) is 0 Å². The summed E-state index contributed by atoms with van der Waals surface area (Å²) < 4.78 is 23.2. The average molecular weight is 520 g/mol. The lowest BCUT2D eigenvalue weighted by atomic mass is 9.78. The zero-order chi connectivity index (χ0) is 26.7. The third-order valence-corrected chi connectivity index (χ3v) is 7.10. The van der Waals surface area contributed by atoms with Crippen LogP contribution in [0.2, 0.25) is 5.02 Å². The van der Waals surface area contributed by atoms with E-state index in [0.29, 0.717) is 5.02 Å². The molecule has 1 aliphatic heterocycles. The van der Waals surface area contributed by atoms with Gasteiger partial charge in [0.15, 0.2) is 0 Å². The third-order valence-electron chi connectivity index (χ3n) is 6.77. The number of carbonyl (C=O) groups is 2. The van der Waals surface area contributed by atoms with Crippen LogP contribution in [0.3, 0.4) is 0 Å². The van der Waals surface area contributed by atoms with Gasteiger partial charge in [0.1, 0.15) is 17.7 Å². The van der Waals surface area contributed by atoms with E-state index in [4.69, 9.17) is 30.4 Å². The van der Waals surface area contributed by atoms with E-state index in [9.17, 15) is 9.59 Å². The fraction of sp³-hybridized carbons (Fsp3) is 0.630. The number of amides is 1. The van der Waals surface area contributed by atoms with Crippen molar-refractivity contribution in [2.24, 2.45) is 0 Å². The number of hydrogen-bond donors (Lipinski definition) is 1. The molecule has 1 saturated heterocycles. The van der Waals surface area contributed by atoms with Crippen LogP contribution >= 0.6 is 11.6 Å². The first-order valence-electron chi connectivity index (χ1n) is 12.7. The van der Waals surface area contributed by atoms with Crippen molar-refractivity contribution in [2.75, 3.05) is 0 Å². The van der Waals surface area contributed by atoms with Crippen LogP contribution in [0.1, 0.15) is 86.1 Å². The van der Waals surface area contributed by atoms with Crippen LogP contribution in [0.25, 0.3) is 6.08 Å². The van der Waals surface area contributed by atoms with Crippen molar-refractivity contribution in [1.82, 2.24) is 5.32 Å². The molecule has 9 heteroatoms. The molecular weight excluding hydrogens is 481 g/mol. The van der Waals surface area contributed by atoms with Crippen LogP contribution in [0, 0.1) is 0 Å². The Hall–Kier alpha value is -2.03. The average Bonchev–Trinajstić information content (AvgIpc) is 3.30. The van der Waals surface area contributed by atoms with Gasteiger partial charge in [0, 0.05) is 10.5 Å². The molecule has 0 unspecified atom stereocenters. The molecule has 1 aliphatic carbocycles. The highest BCUT2D eigenvalue weighted by Crippen LogP contribution is 2.37. The minimum absolute atomic E-state index is 0.0919. The van der Waals surface area contributed by atoms with Crippen LogP contribution in [-0.2, 0) is 23.6 Å². The normalized spacial score (nSPS) is 20.5. The molecule has 1 aromatic rings. The Kier molecular flexibility index (Phi) is 8.84. The van der Waals surface area contributed by atoms with E-state index < -0.39 is 42.0 Å². The fourth-order valence-electron chi connectivity index (χ4n) is 4.06. The van der Waals surface area contributed by atoms with Gasteiger partial charge in [-0.05, 0) is 92.2 Å². The van der Waals surface area contributed by atoms with Crippen LogP contribution in [0.5, 0.6) is 0 Å². The van der Waals surface area contributed by atoms with Crippen LogP contribution in [0.4, 0.5) is 4.79 Å². The second-order valence-electron chi connectivity index (χ2n) is 11.5. The van der Waals surface area contributed by atoms with Crippen molar-refractivity contribution in [2.45, 2.75) is 110 Å². The number of ether oxygens (including phenoxy) is 2. The number of esters is 1. The molecule has 0 radical (unpaired) electrons. The third kappa shape index (κ3) is 7.50. The predicted octanol–water partition coefficient (Wildman–Crippen LogP) is 5.42. The topological polar surface area (TPSA) is 83.1 Å². The van der Waals surface area contributed by atoms with Gasteiger partial charge in [-0.25, -0.2) is 9.59 Å². The highest BCUT2D eigenvalue weighted by atomic mass is 35.5. The van der Waals surface area contributed by atoms with E-state index in [1.165, 1.54) is 0 Å². The summed E-state index contributed by atoms with van der Waals surface area (Å²) >= 11 is 6.57. The first-order valence-corrected chi connectivity index (χ1v) is 13.1. The Balaban J connectivity index is 1.67. The molecule has 3 rings (SSSR count). The highest BCUT2D eigenvalue weighted by Gasteiger charge is 2.52. The van der Waals surface area contributed by atoms with Crippen LogP contribution in [-0.4, -0.2) is 48.1 Å². The van der Waals surface area contributed by atoms with Crippen molar-refractivity contribution in [1.29, 1.82) is 0 Å². The van der Waals surface area contributed by atoms with Gasteiger partial charge in [0.05, 0.1) is 11.2 Å². The quantitative estimate of drug-likeness (QED) is 0.382. The minimum atomic E-state index is -0.851. The number of benzene rings is 1. The molecule has 198 valence electrons. The van der Waals surface area contributed by atoms with E-state index in [0.717, 1.165) is 36.7 Å². The first-order chi connectivity index (χ1) is 16.7. The number of carbonyl (C=O) groups excluding carboxylic acids is 2. The Bertz CT molecular complexity index is 965. The predicted molar refractivity (Wildman–Crippen MR) is 142 cm³/mol. The van der Waals surface area contributed by atoms with Crippen LogP contribution < -0.4 is 10.8 Å². The van der Waals surface area contributed by atoms with Crippen molar-refractivity contribution >= 4 is 42.3 Å². The van der Waals surface area contributed by atoms with Gasteiger partial charge in [0.2, 0.25) is 0 Å². The van der Waals surface area contributed by atoms with Crippen molar-refractivity contribution in [3.8, 4) is 0 Å². The molecule has 0 bridgehead atoms. The lowest BCUT2D eigenvalue weighted by Crippen LogP contribution is -2.44. The summed E-state index contributed by atoms with van der Waals surface area (Å²) in [6, 6.07) is 4.77. The number of alkyl carbamates (subject to hydrolysis) is 1. The molecule has 1 heterocycles. The van der Waals surface area contributed by atoms with Gasteiger partial charge in [-0.2, -0.15) is 0 Å². The fourth-order valence-corrected chi connectivity index (χ4v) is 4.34. The summed E-state index contributed by atoms with van der Waals surface area (Å²) in [6.45, 7) is 13.3. The molecule has 0 aromatic heterocycles. The van der Waals surface area contributed by atoms with Gasteiger partial charge in [-0.1, -0.05) is 35.9 Å². The van der Waals surface area contributed by atoms with Crippen molar-refractivity contribution < 1.29 is 28.4 Å². The molecule has 1 amide bonds. The second-order valence-corrected chi connectivity index (χ2v) is 12.0. The van der Waals surface area contributed by atoms with Crippen LogP contribution in [0.15, 0.2) is 24.3 Å². The molecule has 2 aliphatic rings. The second kappa shape index (κ2) is 11.2. The molecule has 1 N–H and O–H groups in total. The maximum Gasteiger partial charge on any atom is 0.496 e. The van der Waals surface area contributed by atoms with Gasteiger partial charge in [0.25, 0.3) is 0 Å². The van der Waals surface area contributed by atoms with Crippen molar-refractivity contribution in [3.05, 3.63) is 34.9 Å². The lowest BCUT2D eigenvalue weighted by molar-refractivity contribution is -0.151. The summed E-state index contributed by atoms with van der Waals surface area (Å²) in [7, 11) is -0.548. The molecule has 7 nitrogen and oxygen atoms in total. The monoisotopic (exact) mass is 519 g/mol. The summed E-state index contributed by atoms with van der Waals surface area (Å²) in [6.07, 6.45) is 6.98. The largest absolute Gasteiger partial charge is 0.496 e. The number of hydrogen-bond acceptors (Lipinski definition) is 6. The lowest BCUT2D eigenvalue weighted by Gasteiger charge is -2.32. The van der Waals surface area contributed by atoms with E-state index in [1.54, 1.807) is 20.8 Å². The maximum atomic E-state index is 12.8. The van der Waals surface area contributed by atoms with E-state index in [1.807, 2.05) is 58.0 Å². The molecule has 1 atom stereocenters. The van der Waals surface area contributed by atoms with Gasteiger partial charge < -0.3 is 24.1 Å². The minimum Gasteiger partial charge on any atom is -0.461 e. The SMILES string of the molecule is CC(C)(C)OC(=O)N[C@@H](CC=Cc1ccc(B2OC(C)(C)C(C)(C)O2)c(Cl)c1)C(=O)OC1CCCC1. The Labute approximate surface area is 220 Å². The summed E-state index contributed by atoms with van der Waals surface area (Å²) in [4.78, 5) is 25.2. The standard InChI is InChI=1S/C27H39BClNO6/c1-25(2,3)34-24(32)30-22(23(31)33-19-12-8-9-13-19)14-10-11-18-15-16-20(21(29)17-18)28-35-26(4,5)27(6,7)36-28/h10-11,15-17,19,22H,8-9,12-14H2,1-7H3,(H,30,32)/t22-/m0/s1. The zero-order valence-electron chi connectivity index (χ0n) is 22.5. The van der Waals surface area contributed by atoms with Gasteiger partial charge in [-0.15, -0.1) is 0 Å². The first kappa shape index (κ1) is 28.5. The van der Waals surface area contributed by atoms with Gasteiger partial charge >= 0.3 is 19.2 Å². The molecule has 1 aromatic carbocycles.